The number of amides is 1. The number of hydrogen-bond donors (Lipinski definition) is 1. The monoisotopic (exact) mass is 287 g/mol. The predicted molar refractivity (Wildman–Crippen MR) is 74.1 cm³/mol. The van der Waals surface area contributed by atoms with Crippen molar-refractivity contribution < 1.29 is 9.90 Å². The molecule has 100 valence electrons. The van der Waals surface area contributed by atoms with Gasteiger partial charge < -0.3 is 10.0 Å². The van der Waals surface area contributed by atoms with E-state index in [1.54, 1.807) is 11.9 Å². The Morgan fingerprint density at radius 1 is 1.61 bits per heavy atom. The summed E-state index contributed by atoms with van der Waals surface area (Å²) in [6, 6.07) is 3.70. The molecule has 1 aliphatic carbocycles. The second kappa shape index (κ2) is 5.59. The zero-order valence-corrected chi connectivity index (χ0v) is 12.2. The first-order chi connectivity index (χ1) is 8.49. The predicted octanol–water partition coefficient (Wildman–Crippen LogP) is 2.73. The molecule has 1 aliphatic rings. The lowest BCUT2D eigenvalue weighted by atomic mass is 10.1. The van der Waals surface area contributed by atoms with Crippen molar-refractivity contribution in [2.45, 2.75) is 31.8 Å². The molecule has 1 aromatic heterocycles. The molecule has 0 saturated heterocycles. The maximum atomic E-state index is 12.2. The summed E-state index contributed by atoms with van der Waals surface area (Å²) in [6.45, 7) is 2.30. The highest BCUT2D eigenvalue weighted by Gasteiger charge is 2.32. The molecule has 0 bridgehead atoms. The van der Waals surface area contributed by atoms with E-state index in [2.05, 4.69) is 0 Å². The van der Waals surface area contributed by atoms with Gasteiger partial charge in [0, 0.05) is 18.5 Å². The van der Waals surface area contributed by atoms with Crippen molar-refractivity contribution in [3.63, 3.8) is 0 Å². The normalized spacial score (nSPS) is 18.4. The van der Waals surface area contributed by atoms with Crippen LogP contribution in [0.25, 0.3) is 0 Å². The second-order valence-corrected chi connectivity index (χ2v) is 6.73. The van der Waals surface area contributed by atoms with E-state index >= 15 is 0 Å². The lowest BCUT2D eigenvalue weighted by molar-refractivity contribution is -0.132. The quantitative estimate of drug-likeness (QED) is 0.905. The number of likely N-dealkylation sites (N-methyl/N-ethyl adjacent to an activating group) is 1. The Morgan fingerprint density at radius 2 is 2.28 bits per heavy atom. The van der Waals surface area contributed by atoms with Gasteiger partial charge >= 0.3 is 0 Å². The third-order valence-corrected chi connectivity index (χ3v) is 4.81. The Hall–Kier alpha value is -0.580. The summed E-state index contributed by atoms with van der Waals surface area (Å²) < 4.78 is 0.699. The van der Waals surface area contributed by atoms with Crippen LogP contribution in [0.3, 0.4) is 0 Å². The number of carbonyl (C=O) groups is 1. The molecule has 0 radical (unpaired) electrons. The molecule has 1 amide bonds. The standard InChI is InChI=1S/C13H18ClNO2S/c1-8(11-5-6-12(14)18-11)13(17)15(2)7-10(16)9-3-4-9/h5-6,8-10,16H,3-4,7H2,1-2H3. The molecular weight excluding hydrogens is 270 g/mol. The maximum Gasteiger partial charge on any atom is 0.230 e. The van der Waals surface area contributed by atoms with Crippen LogP contribution in [0.5, 0.6) is 0 Å². The number of thiophene rings is 1. The van der Waals surface area contributed by atoms with Gasteiger partial charge in [-0.2, -0.15) is 0 Å². The van der Waals surface area contributed by atoms with E-state index in [0.717, 1.165) is 17.7 Å². The first-order valence-corrected chi connectivity index (χ1v) is 7.36. The molecule has 0 spiro atoms. The van der Waals surface area contributed by atoms with Crippen molar-refractivity contribution >= 4 is 28.8 Å². The summed E-state index contributed by atoms with van der Waals surface area (Å²) in [6.07, 6.45) is 1.79. The van der Waals surface area contributed by atoms with Gasteiger partial charge in [-0.15, -0.1) is 11.3 Å². The number of nitrogens with zero attached hydrogens (tertiary/aromatic N) is 1. The molecule has 2 atom stereocenters. The van der Waals surface area contributed by atoms with Crippen LogP contribution in [-0.4, -0.2) is 35.6 Å². The Bertz CT molecular complexity index is 430. The molecular formula is C13H18ClNO2S. The molecule has 1 fully saturated rings. The zero-order valence-electron chi connectivity index (χ0n) is 10.6. The molecule has 1 aromatic rings. The Kier molecular flexibility index (Phi) is 4.30. The van der Waals surface area contributed by atoms with Gasteiger partial charge in [0.1, 0.15) is 0 Å². The number of aliphatic hydroxyl groups is 1. The van der Waals surface area contributed by atoms with Crippen molar-refractivity contribution in [3.05, 3.63) is 21.3 Å². The van der Waals surface area contributed by atoms with E-state index in [1.165, 1.54) is 11.3 Å². The van der Waals surface area contributed by atoms with Gasteiger partial charge in [0.05, 0.1) is 16.4 Å². The zero-order chi connectivity index (χ0) is 13.3. The topological polar surface area (TPSA) is 40.5 Å². The first kappa shape index (κ1) is 13.8. The third-order valence-electron chi connectivity index (χ3n) is 3.39. The molecule has 5 heteroatoms. The molecule has 18 heavy (non-hydrogen) atoms. The van der Waals surface area contributed by atoms with E-state index in [1.807, 2.05) is 19.1 Å². The Morgan fingerprint density at radius 3 is 2.78 bits per heavy atom. The summed E-state index contributed by atoms with van der Waals surface area (Å²) in [5.74, 6) is 0.235. The Labute approximate surface area is 116 Å². The average Bonchev–Trinajstić information content (AvgIpc) is 3.10. The summed E-state index contributed by atoms with van der Waals surface area (Å²) in [7, 11) is 1.75. The van der Waals surface area contributed by atoms with Crippen LogP contribution < -0.4 is 0 Å². The minimum atomic E-state index is -0.377. The highest BCUT2D eigenvalue weighted by molar-refractivity contribution is 7.16. The number of rotatable bonds is 5. The van der Waals surface area contributed by atoms with Gasteiger partial charge in [0.25, 0.3) is 0 Å². The van der Waals surface area contributed by atoms with Crippen molar-refractivity contribution in [2.24, 2.45) is 5.92 Å². The molecule has 0 aliphatic heterocycles. The largest absolute Gasteiger partial charge is 0.391 e. The molecule has 1 heterocycles. The molecule has 3 nitrogen and oxygen atoms in total. The summed E-state index contributed by atoms with van der Waals surface area (Å²) in [4.78, 5) is 14.8. The molecule has 1 saturated carbocycles. The van der Waals surface area contributed by atoms with Crippen LogP contribution in [0, 0.1) is 5.92 Å². The van der Waals surface area contributed by atoms with Crippen LogP contribution in [0.1, 0.15) is 30.6 Å². The highest BCUT2D eigenvalue weighted by Crippen LogP contribution is 2.33. The van der Waals surface area contributed by atoms with E-state index in [9.17, 15) is 9.90 Å². The van der Waals surface area contributed by atoms with Gasteiger partial charge in [0.2, 0.25) is 5.91 Å². The van der Waals surface area contributed by atoms with Gasteiger partial charge in [-0.05, 0) is 37.8 Å². The number of aliphatic hydroxyl groups excluding tert-OH is 1. The minimum absolute atomic E-state index is 0.0354. The summed E-state index contributed by atoms with van der Waals surface area (Å²) in [5, 5.41) is 9.85. The van der Waals surface area contributed by atoms with Gasteiger partial charge in [-0.3, -0.25) is 4.79 Å². The fourth-order valence-electron chi connectivity index (χ4n) is 2.01. The summed E-state index contributed by atoms with van der Waals surface area (Å²) in [5.41, 5.74) is 0. The van der Waals surface area contributed by atoms with Crippen LogP contribution in [0.2, 0.25) is 4.34 Å². The average molecular weight is 288 g/mol. The SMILES string of the molecule is CC(C(=O)N(C)CC(O)C1CC1)c1ccc(Cl)s1. The lowest BCUT2D eigenvalue weighted by Crippen LogP contribution is -2.37. The number of hydrogen-bond acceptors (Lipinski definition) is 3. The molecule has 0 aromatic carbocycles. The van der Waals surface area contributed by atoms with Gasteiger partial charge in [-0.1, -0.05) is 11.6 Å². The number of carbonyl (C=O) groups excluding carboxylic acids is 1. The molecule has 2 rings (SSSR count). The van der Waals surface area contributed by atoms with Crippen LogP contribution in [-0.2, 0) is 4.79 Å². The van der Waals surface area contributed by atoms with Crippen molar-refractivity contribution in [3.8, 4) is 0 Å². The van der Waals surface area contributed by atoms with E-state index < -0.39 is 0 Å². The van der Waals surface area contributed by atoms with Gasteiger partial charge in [-0.25, -0.2) is 0 Å². The van der Waals surface area contributed by atoms with E-state index in [-0.39, 0.29) is 17.9 Å². The maximum absolute atomic E-state index is 12.2. The molecule has 2 unspecified atom stereocenters. The highest BCUT2D eigenvalue weighted by atomic mass is 35.5. The van der Waals surface area contributed by atoms with Gasteiger partial charge in [0.15, 0.2) is 0 Å². The third kappa shape index (κ3) is 3.25. The fourth-order valence-corrected chi connectivity index (χ4v) is 3.12. The number of halogens is 1. The smallest absolute Gasteiger partial charge is 0.230 e. The van der Waals surface area contributed by atoms with E-state index in [4.69, 9.17) is 11.6 Å². The van der Waals surface area contributed by atoms with Crippen molar-refractivity contribution in [1.82, 2.24) is 4.90 Å². The van der Waals surface area contributed by atoms with Crippen molar-refractivity contribution in [1.29, 1.82) is 0 Å². The van der Waals surface area contributed by atoms with Crippen LogP contribution in [0.4, 0.5) is 0 Å². The van der Waals surface area contributed by atoms with Crippen LogP contribution in [0.15, 0.2) is 12.1 Å². The Balaban J connectivity index is 1.92. The first-order valence-electron chi connectivity index (χ1n) is 6.17. The second-order valence-electron chi connectivity index (χ2n) is 4.99. The minimum Gasteiger partial charge on any atom is -0.391 e. The van der Waals surface area contributed by atoms with Crippen LogP contribution >= 0.6 is 22.9 Å². The lowest BCUT2D eigenvalue weighted by Gasteiger charge is -2.23. The fraction of sp³-hybridized carbons (Fsp3) is 0.615. The van der Waals surface area contributed by atoms with Crippen molar-refractivity contribution in [2.75, 3.05) is 13.6 Å². The summed E-state index contributed by atoms with van der Waals surface area (Å²) >= 11 is 7.31. The molecule has 1 N–H and O–H groups in total. The van der Waals surface area contributed by atoms with E-state index in [0.29, 0.717) is 16.8 Å².